The third-order valence-electron chi connectivity index (χ3n) is 1.96. The van der Waals surface area contributed by atoms with E-state index in [1.807, 2.05) is 18.9 Å². The second-order valence-corrected chi connectivity index (χ2v) is 3.32. The van der Waals surface area contributed by atoms with Gasteiger partial charge < -0.3 is 9.64 Å². The number of nitrogens with two attached hydrogens (primary N) is 1. The minimum absolute atomic E-state index is 0.744. The lowest BCUT2D eigenvalue weighted by atomic mass is 10.4. The Morgan fingerprint density at radius 2 is 2.20 bits per heavy atom. The van der Waals surface area contributed by atoms with E-state index in [0.717, 1.165) is 45.1 Å². The van der Waals surface area contributed by atoms with E-state index >= 15 is 0 Å². The van der Waals surface area contributed by atoms with Crippen molar-refractivity contribution in [2.75, 3.05) is 33.4 Å². The Bertz CT molecular complexity index is 173. The van der Waals surface area contributed by atoms with Crippen molar-refractivity contribution in [2.45, 2.75) is 26.7 Å². The summed E-state index contributed by atoms with van der Waals surface area (Å²) in [4.78, 5) is 6.37. The van der Waals surface area contributed by atoms with Crippen LogP contribution in [0, 0.1) is 0 Å². The summed E-state index contributed by atoms with van der Waals surface area (Å²) in [6.45, 7) is 7.34. The molecule has 0 aromatic heterocycles. The molecule has 15 heavy (non-hydrogen) atoms. The molecule has 0 aliphatic heterocycles. The van der Waals surface area contributed by atoms with E-state index in [1.54, 1.807) is 0 Å². The second-order valence-electron chi connectivity index (χ2n) is 3.32. The Morgan fingerprint density at radius 3 is 2.73 bits per heavy atom. The molecule has 0 radical (unpaired) electrons. The topological polar surface area (TPSA) is 62.9 Å². The van der Waals surface area contributed by atoms with Gasteiger partial charge in [0.15, 0.2) is 0 Å². The maximum Gasteiger partial charge on any atom is 0.208 e. The zero-order valence-corrected chi connectivity index (χ0v) is 10.1. The standard InChI is InChI=1S/C10H24N4O/c1-4-8-14(3)10(13-11)12-7-6-9-15-5-2/h4-9,11H2,1-3H3,(H,12,13). The van der Waals surface area contributed by atoms with Crippen molar-refractivity contribution in [3.05, 3.63) is 0 Å². The maximum atomic E-state index is 5.39. The summed E-state index contributed by atoms with van der Waals surface area (Å²) in [6, 6.07) is 0. The van der Waals surface area contributed by atoms with E-state index < -0.39 is 0 Å². The maximum absolute atomic E-state index is 5.39. The minimum atomic E-state index is 0.744. The van der Waals surface area contributed by atoms with Crippen LogP contribution in [-0.2, 0) is 4.74 Å². The molecule has 0 heterocycles. The lowest BCUT2D eigenvalue weighted by molar-refractivity contribution is 0.146. The highest BCUT2D eigenvalue weighted by Crippen LogP contribution is 1.90. The Labute approximate surface area is 92.7 Å². The molecule has 0 fully saturated rings. The van der Waals surface area contributed by atoms with Gasteiger partial charge in [0.05, 0.1) is 0 Å². The van der Waals surface area contributed by atoms with E-state index in [2.05, 4.69) is 17.3 Å². The normalized spacial score (nSPS) is 11.6. The molecule has 0 aromatic carbocycles. The number of rotatable bonds is 7. The first kappa shape index (κ1) is 14.2. The summed E-state index contributed by atoms with van der Waals surface area (Å²) in [5.74, 6) is 6.14. The molecule has 0 saturated carbocycles. The van der Waals surface area contributed by atoms with Crippen molar-refractivity contribution in [2.24, 2.45) is 10.8 Å². The van der Waals surface area contributed by atoms with Crippen molar-refractivity contribution < 1.29 is 4.74 Å². The zero-order valence-electron chi connectivity index (χ0n) is 10.1. The number of nitrogens with one attached hydrogen (secondary N) is 1. The summed E-state index contributed by atoms with van der Waals surface area (Å²) < 4.78 is 5.22. The monoisotopic (exact) mass is 216 g/mol. The van der Waals surface area contributed by atoms with Crippen molar-refractivity contribution >= 4 is 5.96 Å². The highest BCUT2D eigenvalue weighted by molar-refractivity contribution is 5.79. The third kappa shape index (κ3) is 7.16. The van der Waals surface area contributed by atoms with Crippen LogP contribution in [0.5, 0.6) is 0 Å². The first-order valence-electron chi connectivity index (χ1n) is 5.56. The van der Waals surface area contributed by atoms with Gasteiger partial charge in [-0.2, -0.15) is 0 Å². The lowest BCUT2D eigenvalue weighted by Gasteiger charge is -2.19. The molecule has 5 nitrogen and oxygen atoms in total. The van der Waals surface area contributed by atoms with Gasteiger partial charge in [-0.3, -0.25) is 10.4 Å². The SMILES string of the molecule is CCCN(C)C(=NCCCOCC)NN. The second kappa shape index (κ2) is 9.73. The number of nitrogens with zero attached hydrogens (tertiary/aromatic N) is 2. The first-order chi connectivity index (χ1) is 7.26. The minimum Gasteiger partial charge on any atom is -0.382 e. The molecule has 0 spiro atoms. The molecule has 0 saturated heterocycles. The number of hydrazine groups is 1. The van der Waals surface area contributed by atoms with Crippen LogP contribution < -0.4 is 11.3 Å². The highest BCUT2D eigenvalue weighted by atomic mass is 16.5. The summed E-state index contributed by atoms with van der Waals surface area (Å²) in [5.41, 5.74) is 2.61. The largest absolute Gasteiger partial charge is 0.382 e. The van der Waals surface area contributed by atoms with Gasteiger partial charge in [-0.25, -0.2) is 5.84 Å². The van der Waals surface area contributed by atoms with E-state index in [1.165, 1.54) is 0 Å². The molecule has 0 unspecified atom stereocenters. The van der Waals surface area contributed by atoms with Gasteiger partial charge in [0, 0.05) is 33.4 Å². The quantitative estimate of drug-likeness (QED) is 0.215. The predicted molar refractivity (Wildman–Crippen MR) is 63.7 cm³/mol. The number of guanidine groups is 1. The molecular formula is C10H24N4O. The summed E-state index contributed by atoms with van der Waals surface area (Å²) >= 11 is 0. The van der Waals surface area contributed by atoms with Crippen LogP contribution in [0.2, 0.25) is 0 Å². The van der Waals surface area contributed by atoms with Crippen molar-refractivity contribution in [3.8, 4) is 0 Å². The first-order valence-corrected chi connectivity index (χ1v) is 5.56. The van der Waals surface area contributed by atoms with Crippen LogP contribution in [-0.4, -0.2) is 44.2 Å². The van der Waals surface area contributed by atoms with E-state index in [4.69, 9.17) is 10.6 Å². The Hall–Kier alpha value is -0.810. The Morgan fingerprint density at radius 1 is 1.47 bits per heavy atom. The average Bonchev–Trinajstić information content (AvgIpc) is 2.23. The zero-order chi connectivity index (χ0) is 11.5. The third-order valence-corrected chi connectivity index (χ3v) is 1.96. The van der Waals surface area contributed by atoms with Crippen molar-refractivity contribution in [3.63, 3.8) is 0 Å². The number of ether oxygens (including phenoxy) is 1. The highest BCUT2D eigenvalue weighted by Gasteiger charge is 2.01. The van der Waals surface area contributed by atoms with E-state index in [9.17, 15) is 0 Å². The number of hydrogen-bond acceptors (Lipinski definition) is 3. The van der Waals surface area contributed by atoms with E-state index in [0.29, 0.717) is 0 Å². The molecule has 0 aliphatic rings. The molecule has 0 amide bonds. The molecular weight excluding hydrogens is 192 g/mol. The van der Waals surface area contributed by atoms with Crippen LogP contribution in [0.4, 0.5) is 0 Å². The van der Waals surface area contributed by atoms with Crippen LogP contribution in [0.1, 0.15) is 26.7 Å². The summed E-state index contributed by atoms with van der Waals surface area (Å²) in [5, 5.41) is 0. The lowest BCUT2D eigenvalue weighted by Crippen LogP contribution is -2.43. The van der Waals surface area contributed by atoms with Crippen LogP contribution in [0.15, 0.2) is 4.99 Å². The van der Waals surface area contributed by atoms with Crippen LogP contribution in [0.25, 0.3) is 0 Å². The fourth-order valence-electron chi connectivity index (χ4n) is 1.21. The molecule has 0 aromatic rings. The summed E-state index contributed by atoms with van der Waals surface area (Å²) in [6.07, 6.45) is 2.01. The molecule has 0 aliphatic carbocycles. The fourth-order valence-corrected chi connectivity index (χ4v) is 1.21. The molecule has 90 valence electrons. The fraction of sp³-hybridized carbons (Fsp3) is 0.900. The van der Waals surface area contributed by atoms with Gasteiger partial charge in [-0.15, -0.1) is 0 Å². The van der Waals surface area contributed by atoms with Crippen molar-refractivity contribution in [1.82, 2.24) is 10.3 Å². The van der Waals surface area contributed by atoms with Crippen LogP contribution >= 0.6 is 0 Å². The molecule has 5 heteroatoms. The molecule has 0 atom stereocenters. The van der Waals surface area contributed by atoms with Crippen molar-refractivity contribution in [1.29, 1.82) is 0 Å². The predicted octanol–water partition coefficient (Wildman–Crippen LogP) is 0.574. The average molecular weight is 216 g/mol. The number of hydrogen-bond donors (Lipinski definition) is 2. The van der Waals surface area contributed by atoms with E-state index in [-0.39, 0.29) is 0 Å². The molecule has 0 bridgehead atoms. The number of aliphatic imine (C=N–C) groups is 1. The van der Waals surface area contributed by atoms with Gasteiger partial charge in [0.1, 0.15) is 0 Å². The van der Waals surface area contributed by atoms with Gasteiger partial charge in [-0.05, 0) is 19.8 Å². The molecule has 3 N–H and O–H groups in total. The summed E-state index contributed by atoms with van der Waals surface area (Å²) in [7, 11) is 1.98. The van der Waals surface area contributed by atoms with Gasteiger partial charge >= 0.3 is 0 Å². The smallest absolute Gasteiger partial charge is 0.208 e. The van der Waals surface area contributed by atoms with Crippen LogP contribution in [0.3, 0.4) is 0 Å². The van der Waals surface area contributed by atoms with Gasteiger partial charge in [0.25, 0.3) is 0 Å². The Balaban J connectivity index is 3.78. The Kier molecular flexibility index (Phi) is 9.21. The molecule has 0 rings (SSSR count). The van der Waals surface area contributed by atoms with Gasteiger partial charge in [-0.1, -0.05) is 6.92 Å². The van der Waals surface area contributed by atoms with Gasteiger partial charge in [0.2, 0.25) is 5.96 Å².